The van der Waals surface area contributed by atoms with Crippen molar-refractivity contribution in [2.24, 2.45) is 0 Å². The summed E-state index contributed by atoms with van der Waals surface area (Å²) in [5.74, 6) is 0.706. The Bertz CT molecular complexity index is 926. The lowest BCUT2D eigenvalue weighted by Gasteiger charge is -2.39. The van der Waals surface area contributed by atoms with Gasteiger partial charge in [-0.05, 0) is 61.4 Å². The van der Waals surface area contributed by atoms with E-state index in [0.29, 0.717) is 5.76 Å². The molecule has 28 heavy (non-hydrogen) atoms. The summed E-state index contributed by atoms with van der Waals surface area (Å²) in [4.78, 5) is 2.56. The number of nitrogens with zero attached hydrogens (tertiary/aromatic N) is 1. The summed E-state index contributed by atoms with van der Waals surface area (Å²) in [6.07, 6.45) is 5.33. The number of fused-ring (bicyclic) bond motifs is 3. The zero-order valence-corrected chi connectivity index (χ0v) is 16.1. The van der Waals surface area contributed by atoms with Gasteiger partial charge in [0.2, 0.25) is 0 Å². The number of piperidine rings is 1. The summed E-state index contributed by atoms with van der Waals surface area (Å²) in [6, 6.07) is 15.4. The van der Waals surface area contributed by atoms with Gasteiger partial charge in [0.25, 0.3) is 6.01 Å². The number of benzene rings is 1. The number of hydrogen-bond donors (Lipinski definition) is 0. The molecule has 4 heteroatoms. The molecule has 1 aromatic carbocycles. The van der Waals surface area contributed by atoms with Crippen molar-refractivity contribution in [3.05, 3.63) is 71.2 Å². The molecule has 3 nitrogen and oxygen atoms in total. The van der Waals surface area contributed by atoms with Crippen molar-refractivity contribution in [2.45, 2.75) is 44.3 Å². The van der Waals surface area contributed by atoms with Crippen molar-refractivity contribution in [3.8, 4) is 11.3 Å². The summed E-state index contributed by atoms with van der Waals surface area (Å²) in [5, 5.41) is 0. The molecule has 1 spiro atoms. The van der Waals surface area contributed by atoms with E-state index in [4.69, 9.17) is 9.15 Å². The second-order valence-corrected chi connectivity index (χ2v) is 8.12. The van der Waals surface area contributed by atoms with Gasteiger partial charge in [-0.3, -0.25) is 0 Å². The smallest absolute Gasteiger partial charge is 0.278 e. The fourth-order valence-corrected chi connectivity index (χ4v) is 4.85. The number of ether oxygens (including phenoxy) is 1. The van der Waals surface area contributed by atoms with Crippen molar-refractivity contribution in [3.63, 3.8) is 0 Å². The van der Waals surface area contributed by atoms with E-state index in [-0.39, 0.29) is 5.60 Å². The zero-order valence-electron chi connectivity index (χ0n) is 16.1. The predicted molar refractivity (Wildman–Crippen MR) is 107 cm³/mol. The molecular formula is C24H26FNO2. The molecule has 146 valence electrons. The van der Waals surface area contributed by atoms with E-state index in [1.54, 1.807) is 6.07 Å². The molecule has 0 amide bonds. The number of hydrogen-bond acceptors (Lipinski definition) is 3. The number of likely N-dealkylation sites (tertiary alicyclic amines) is 1. The molecule has 4 aliphatic rings. The number of halogens is 1. The number of unbranched alkanes of at least 4 members (excludes halogenated alkanes) is 1. The Morgan fingerprint density at radius 3 is 2.68 bits per heavy atom. The summed E-state index contributed by atoms with van der Waals surface area (Å²) in [5.41, 5.74) is 4.82. The highest BCUT2D eigenvalue weighted by Gasteiger charge is 2.42. The molecule has 1 saturated heterocycles. The Labute approximate surface area is 165 Å². The van der Waals surface area contributed by atoms with Gasteiger partial charge in [0, 0.05) is 24.7 Å². The van der Waals surface area contributed by atoms with Gasteiger partial charge in [-0.2, -0.15) is 4.39 Å². The van der Waals surface area contributed by atoms with Gasteiger partial charge < -0.3 is 14.1 Å². The molecule has 3 aliphatic heterocycles. The molecule has 0 atom stereocenters. The first kappa shape index (κ1) is 17.9. The lowest BCUT2D eigenvalue weighted by Crippen LogP contribution is -2.42. The molecule has 0 N–H and O–H groups in total. The Kier molecular flexibility index (Phi) is 4.69. The van der Waals surface area contributed by atoms with Gasteiger partial charge in [-0.25, -0.2) is 0 Å². The maximum atomic E-state index is 13.4. The molecule has 0 unspecified atom stereocenters. The fourth-order valence-electron chi connectivity index (χ4n) is 4.85. The van der Waals surface area contributed by atoms with Crippen LogP contribution in [0.5, 0.6) is 0 Å². The van der Waals surface area contributed by atoms with Crippen LogP contribution in [0.1, 0.15) is 42.4 Å². The van der Waals surface area contributed by atoms with Crippen LogP contribution in [-0.4, -0.2) is 24.5 Å². The Hall–Kier alpha value is -2.17. The van der Waals surface area contributed by atoms with Crippen LogP contribution in [0.4, 0.5) is 4.39 Å². The largest absolute Gasteiger partial charge is 0.431 e. The van der Waals surface area contributed by atoms with Gasteiger partial charge in [0.1, 0.15) is 5.76 Å². The minimum absolute atomic E-state index is 0.0487. The lowest BCUT2D eigenvalue weighted by molar-refractivity contribution is -0.0788. The fraction of sp³-hybridized carbons (Fsp3) is 0.417. The molecule has 1 aromatic rings. The topological polar surface area (TPSA) is 25.6 Å². The maximum Gasteiger partial charge on any atom is 0.278 e. The third kappa shape index (κ3) is 3.25. The average molecular weight is 379 g/mol. The minimum Gasteiger partial charge on any atom is -0.431 e. The predicted octanol–water partition coefficient (Wildman–Crippen LogP) is 5.37. The average Bonchev–Trinajstić information content (AvgIpc) is 3.29. The van der Waals surface area contributed by atoms with Gasteiger partial charge in [-0.15, -0.1) is 0 Å². The third-order valence-corrected chi connectivity index (χ3v) is 6.46. The molecule has 1 aliphatic carbocycles. The second kappa shape index (κ2) is 7.34. The zero-order chi connectivity index (χ0) is 19.0. The van der Waals surface area contributed by atoms with Crippen molar-refractivity contribution in [2.75, 3.05) is 19.6 Å². The summed E-state index contributed by atoms with van der Waals surface area (Å²) < 4.78 is 24.9. The molecule has 0 radical (unpaired) electrons. The number of rotatable bonds is 5. The van der Waals surface area contributed by atoms with Crippen LogP contribution in [0.3, 0.4) is 0 Å². The van der Waals surface area contributed by atoms with Gasteiger partial charge in [-0.1, -0.05) is 36.4 Å². The van der Waals surface area contributed by atoms with Crippen molar-refractivity contribution < 1.29 is 13.5 Å². The van der Waals surface area contributed by atoms with Crippen molar-refractivity contribution in [1.29, 1.82) is 0 Å². The Balaban J connectivity index is 1.11. The molecular weight excluding hydrogens is 353 g/mol. The van der Waals surface area contributed by atoms with Crippen LogP contribution >= 0.6 is 0 Å². The molecule has 3 heterocycles. The highest BCUT2D eigenvalue weighted by Crippen LogP contribution is 2.44. The lowest BCUT2D eigenvalue weighted by atomic mass is 9.84. The van der Waals surface area contributed by atoms with Gasteiger partial charge in [0.15, 0.2) is 0 Å². The monoisotopic (exact) mass is 379 g/mol. The third-order valence-electron chi connectivity index (χ3n) is 6.46. The second-order valence-electron chi connectivity index (χ2n) is 8.12. The normalized spacial score (nSPS) is 18.8. The number of aryl methyl sites for hydroxylation is 1. The molecule has 0 bridgehead atoms. The standard InChI is InChI=1S/C24H26FNO2/c25-22-11-10-19-9-8-18(23(19)28-22)5-3-4-14-26-15-12-24(13-16-26)21-7-2-1-6-20(21)17-27-24/h1-2,6-11H,3-5,12-17H2. The van der Waals surface area contributed by atoms with E-state index in [1.165, 1.54) is 17.2 Å². The van der Waals surface area contributed by atoms with Crippen LogP contribution in [-0.2, 0) is 23.4 Å². The summed E-state index contributed by atoms with van der Waals surface area (Å²) >= 11 is 0. The summed E-state index contributed by atoms with van der Waals surface area (Å²) in [6.45, 7) is 4.06. The highest BCUT2D eigenvalue weighted by molar-refractivity contribution is 5.64. The first-order valence-electron chi connectivity index (χ1n) is 10.4. The Morgan fingerprint density at radius 1 is 0.964 bits per heavy atom. The molecule has 0 saturated carbocycles. The summed E-state index contributed by atoms with van der Waals surface area (Å²) in [7, 11) is 0. The molecule has 0 aromatic heterocycles. The SMILES string of the molecule is Fc1ccc2ccc(CCCCN3CCC4(CC3)OCc3ccccc34)c-2o1. The van der Waals surface area contributed by atoms with Crippen LogP contribution < -0.4 is 0 Å². The van der Waals surface area contributed by atoms with E-state index in [0.717, 1.165) is 69.5 Å². The molecule has 5 rings (SSSR count). The van der Waals surface area contributed by atoms with E-state index in [9.17, 15) is 4.39 Å². The first-order chi connectivity index (χ1) is 13.7. The molecule has 1 fully saturated rings. The van der Waals surface area contributed by atoms with Gasteiger partial charge in [0.05, 0.1) is 12.2 Å². The van der Waals surface area contributed by atoms with E-state index in [1.807, 2.05) is 6.07 Å². The van der Waals surface area contributed by atoms with Crippen LogP contribution in [0.2, 0.25) is 0 Å². The quantitative estimate of drug-likeness (QED) is 0.558. The van der Waals surface area contributed by atoms with E-state index < -0.39 is 6.01 Å². The van der Waals surface area contributed by atoms with E-state index in [2.05, 4.69) is 35.2 Å². The van der Waals surface area contributed by atoms with Crippen molar-refractivity contribution in [1.82, 2.24) is 4.90 Å². The first-order valence-corrected chi connectivity index (χ1v) is 10.4. The Morgan fingerprint density at radius 2 is 1.79 bits per heavy atom. The maximum absolute atomic E-state index is 13.4. The van der Waals surface area contributed by atoms with Crippen LogP contribution in [0.15, 0.2) is 52.9 Å². The van der Waals surface area contributed by atoms with Crippen LogP contribution in [0.25, 0.3) is 11.3 Å². The minimum atomic E-state index is -0.516. The van der Waals surface area contributed by atoms with Crippen LogP contribution in [0, 0.1) is 6.01 Å². The van der Waals surface area contributed by atoms with Crippen molar-refractivity contribution >= 4 is 0 Å². The van der Waals surface area contributed by atoms with E-state index >= 15 is 0 Å². The van der Waals surface area contributed by atoms with Gasteiger partial charge >= 0.3 is 0 Å². The highest BCUT2D eigenvalue weighted by atomic mass is 19.1.